The van der Waals surface area contributed by atoms with Crippen LogP contribution in [0.2, 0.25) is 0 Å². The van der Waals surface area contributed by atoms with Crippen LogP contribution in [-0.4, -0.2) is 18.7 Å². The van der Waals surface area contributed by atoms with Crippen molar-refractivity contribution in [3.63, 3.8) is 0 Å². The lowest BCUT2D eigenvalue weighted by Crippen LogP contribution is -2.22. The van der Waals surface area contributed by atoms with Gasteiger partial charge in [0.25, 0.3) is 0 Å². The van der Waals surface area contributed by atoms with Crippen LogP contribution < -0.4 is 10.2 Å². The predicted octanol–water partition coefficient (Wildman–Crippen LogP) is 2.36. The Balaban J connectivity index is 2.50. The van der Waals surface area contributed by atoms with Gasteiger partial charge in [-0.1, -0.05) is 26.5 Å². The molecule has 0 fully saturated rings. The molecule has 1 aromatic rings. The van der Waals surface area contributed by atoms with E-state index in [9.17, 15) is 4.79 Å². The molecule has 0 spiro atoms. The summed E-state index contributed by atoms with van der Waals surface area (Å²) >= 11 is 0. The van der Waals surface area contributed by atoms with Gasteiger partial charge >= 0.3 is 0 Å². The number of hydrazone groups is 1. The largest absolute Gasteiger partial charge is 0.490 e. The van der Waals surface area contributed by atoms with E-state index < -0.39 is 0 Å². The van der Waals surface area contributed by atoms with Crippen molar-refractivity contribution in [3.05, 3.63) is 42.5 Å². The van der Waals surface area contributed by atoms with E-state index in [1.807, 2.05) is 38.1 Å². The minimum absolute atomic E-state index is 0.0724. The van der Waals surface area contributed by atoms with Crippen molar-refractivity contribution in [2.45, 2.75) is 13.8 Å². The molecule has 0 saturated carbocycles. The molecule has 1 amide bonds. The van der Waals surface area contributed by atoms with Crippen LogP contribution in [0.1, 0.15) is 19.4 Å². The molecule has 0 aliphatic rings. The highest BCUT2D eigenvalue weighted by Crippen LogP contribution is 2.10. The number of nitrogens with zero attached hydrogens (tertiary/aromatic N) is 1. The van der Waals surface area contributed by atoms with E-state index >= 15 is 0 Å². The fraction of sp³-hybridized carbons (Fsp3) is 0.286. The van der Waals surface area contributed by atoms with Crippen LogP contribution >= 0.6 is 0 Å². The molecule has 96 valence electrons. The number of hydrogen-bond donors (Lipinski definition) is 1. The Labute approximate surface area is 107 Å². The van der Waals surface area contributed by atoms with Crippen LogP contribution in [-0.2, 0) is 4.79 Å². The van der Waals surface area contributed by atoms with E-state index in [1.165, 1.54) is 0 Å². The maximum Gasteiger partial charge on any atom is 0.242 e. The van der Waals surface area contributed by atoms with Gasteiger partial charge in [0.05, 0.1) is 6.21 Å². The van der Waals surface area contributed by atoms with Crippen molar-refractivity contribution in [2.24, 2.45) is 11.0 Å². The van der Waals surface area contributed by atoms with Gasteiger partial charge in [-0.05, 0) is 29.8 Å². The van der Waals surface area contributed by atoms with E-state index in [4.69, 9.17) is 4.74 Å². The second-order valence-electron chi connectivity index (χ2n) is 4.06. The van der Waals surface area contributed by atoms with Crippen LogP contribution in [0.5, 0.6) is 5.75 Å². The fourth-order valence-corrected chi connectivity index (χ4v) is 1.10. The number of hydrogen-bond acceptors (Lipinski definition) is 3. The Hall–Kier alpha value is -2.10. The number of carbonyl (C=O) groups is 1. The predicted molar refractivity (Wildman–Crippen MR) is 72.7 cm³/mol. The molecule has 0 aliphatic carbocycles. The van der Waals surface area contributed by atoms with Gasteiger partial charge in [0.2, 0.25) is 5.91 Å². The number of amides is 1. The van der Waals surface area contributed by atoms with E-state index in [2.05, 4.69) is 17.1 Å². The first-order valence-corrected chi connectivity index (χ1v) is 5.80. The zero-order valence-corrected chi connectivity index (χ0v) is 10.7. The molecule has 0 radical (unpaired) electrons. The van der Waals surface area contributed by atoms with Crippen molar-refractivity contribution >= 4 is 12.1 Å². The van der Waals surface area contributed by atoms with Crippen molar-refractivity contribution in [1.29, 1.82) is 0 Å². The molecule has 0 atom stereocenters. The molecule has 0 aliphatic heterocycles. The third-order valence-corrected chi connectivity index (χ3v) is 2.16. The third-order valence-electron chi connectivity index (χ3n) is 2.16. The molecule has 0 aromatic heterocycles. The minimum Gasteiger partial charge on any atom is -0.490 e. The first-order valence-electron chi connectivity index (χ1n) is 5.80. The highest BCUT2D eigenvalue weighted by Gasteiger charge is 2.03. The number of benzene rings is 1. The zero-order valence-electron chi connectivity index (χ0n) is 10.7. The topological polar surface area (TPSA) is 50.7 Å². The van der Waals surface area contributed by atoms with Gasteiger partial charge in [-0.3, -0.25) is 4.79 Å². The van der Waals surface area contributed by atoms with Crippen molar-refractivity contribution in [1.82, 2.24) is 5.43 Å². The molecule has 0 saturated heterocycles. The summed E-state index contributed by atoms with van der Waals surface area (Å²) in [5.74, 6) is 0.604. The second-order valence-corrected chi connectivity index (χ2v) is 4.06. The molecule has 0 heterocycles. The summed E-state index contributed by atoms with van der Waals surface area (Å²) < 4.78 is 5.35. The summed E-state index contributed by atoms with van der Waals surface area (Å²) in [4.78, 5) is 11.3. The molecule has 1 aromatic carbocycles. The van der Waals surface area contributed by atoms with E-state index in [1.54, 1.807) is 12.3 Å². The zero-order chi connectivity index (χ0) is 13.4. The summed E-state index contributed by atoms with van der Waals surface area (Å²) in [7, 11) is 0. The van der Waals surface area contributed by atoms with E-state index in [0.717, 1.165) is 11.3 Å². The Morgan fingerprint density at radius 3 is 2.67 bits per heavy atom. The molecule has 1 N–H and O–H groups in total. The lowest BCUT2D eigenvalue weighted by Gasteiger charge is -2.03. The lowest BCUT2D eigenvalue weighted by molar-refractivity contribution is -0.123. The molecule has 4 nitrogen and oxygen atoms in total. The van der Waals surface area contributed by atoms with Crippen LogP contribution in [0.4, 0.5) is 0 Å². The number of carbonyl (C=O) groups excluding carboxylic acids is 1. The van der Waals surface area contributed by atoms with Crippen LogP contribution in [0.3, 0.4) is 0 Å². The van der Waals surface area contributed by atoms with Gasteiger partial charge in [0.15, 0.2) is 0 Å². The first kappa shape index (κ1) is 14.0. The fourth-order valence-electron chi connectivity index (χ4n) is 1.10. The third kappa shape index (κ3) is 4.82. The maximum absolute atomic E-state index is 11.3. The standard InChI is InChI=1S/C14H18N2O2/c1-4-9-18-13-7-5-12(6-8-13)10-15-16-14(17)11(2)3/h4-8,10-11H,1,9H2,2-3H3,(H,16,17)/b15-10+. The van der Waals surface area contributed by atoms with E-state index in [-0.39, 0.29) is 11.8 Å². The quantitative estimate of drug-likeness (QED) is 0.476. The normalized spacial score (nSPS) is 10.6. The monoisotopic (exact) mass is 246 g/mol. The Bertz CT molecular complexity index is 422. The van der Waals surface area contributed by atoms with E-state index in [0.29, 0.717) is 6.61 Å². The molecule has 0 bridgehead atoms. The smallest absolute Gasteiger partial charge is 0.242 e. The van der Waals surface area contributed by atoms with Crippen molar-refractivity contribution in [2.75, 3.05) is 6.61 Å². The van der Waals surface area contributed by atoms with Crippen LogP contribution in [0.25, 0.3) is 0 Å². The molecule has 0 unspecified atom stereocenters. The molecular formula is C14H18N2O2. The average molecular weight is 246 g/mol. The van der Waals surface area contributed by atoms with Gasteiger partial charge in [0.1, 0.15) is 12.4 Å². The maximum atomic E-state index is 11.3. The van der Waals surface area contributed by atoms with Gasteiger partial charge in [0, 0.05) is 5.92 Å². The molecule has 18 heavy (non-hydrogen) atoms. The summed E-state index contributed by atoms with van der Waals surface area (Å²) in [5, 5.41) is 3.87. The highest BCUT2D eigenvalue weighted by atomic mass is 16.5. The van der Waals surface area contributed by atoms with Crippen LogP contribution in [0.15, 0.2) is 42.0 Å². The Morgan fingerprint density at radius 2 is 2.11 bits per heavy atom. The highest BCUT2D eigenvalue weighted by molar-refractivity contribution is 5.83. The average Bonchev–Trinajstić information content (AvgIpc) is 2.37. The summed E-state index contributed by atoms with van der Waals surface area (Å²) in [6.07, 6.45) is 3.29. The summed E-state index contributed by atoms with van der Waals surface area (Å²) in [6.45, 7) is 7.69. The SMILES string of the molecule is C=CCOc1ccc(/C=N/NC(=O)C(C)C)cc1. The van der Waals surface area contributed by atoms with Gasteiger partial charge in [-0.15, -0.1) is 0 Å². The van der Waals surface area contributed by atoms with Crippen molar-refractivity contribution in [3.8, 4) is 5.75 Å². The van der Waals surface area contributed by atoms with Gasteiger partial charge in [-0.25, -0.2) is 5.43 Å². The Kier molecular flexibility index (Phi) is 5.64. The first-order chi connectivity index (χ1) is 8.63. The number of ether oxygens (including phenoxy) is 1. The van der Waals surface area contributed by atoms with Crippen LogP contribution in [0, 0.1) is 5.92 Å². The molecule has 1 rings (SSSR count). The number of nitrogens with one attached hydrogen (secondary N) is 1. The summed E-state index contributed by atoms with van der Waals surface area (Å²) in [6, 6.07) is 7.41. The Morgan fingerprint density at radius 1 is 1.44 bits per heavy atom. The second kappa shape index (κ2) is 7.27. The van der Waals surface area contributed by atoms with Gasteiger partial charge < -0.3 is 4.74 Å². The summed E-state index contributed by atoms with van der Waals surface area (Å²) in [5.41, 5.74) is 3.36. The van der Waals surface area contributed by atoms with Crippen molar-refractivity contribution < 1.29 is 9.53 Å². The molecular weight excluding hydrogens is 228 g/mol. The number of rotatable bonds is 6. The lowest BCUT2D eigenvalue weighted by atomic mass is 10.2. The van der Waals surface area contributed by atoms with Gasteiger partial charge in [-0.2, -0.15) is 5.10 Å². The minimum atomic E-state index is -0.0998. The molecule has 4 heteroatoms.